The molecule has 0 bridgehead atoms. The summed E-state index contributed by atoms with van der Waals surface area (Å²) in [6.07, 6.45) is 0.327. The maximum Gasteiger partial charge on any atom is 0.387 e. The molecule has 0 aliphatic heterocycles. The zero-order valence-electron chi connectivity index (χ0n) is 9.49. The molecule has 1 unspecified atom stereocenters. The first kappa shape index (κ1) is 13.5. The normalized spacial score (nSPS) is 11.8. The summed E-state index contributed by atoms with van der Waals surface area (Å²) >= 11 is 0. The van der Waals surface area contributed by atoms with Gasteiger partial charge in [-0.1, -0.05) is 12.1 Å². The summed E-state index contributed by atoms with van der Waals surface area (Å²) in [7, 11) is 0. The molecular weight excluding hydrogens is 226 g/mol. The molecule has 1 aromatic rings. The molecule has 2 nitrogen and oxygen atoms in total. The van der Waals surface area contributed by atoms with Crippen molar-refractivity contribution in [1.29, 1.82) is 0 Å². The summed E-state index contributed by atoms with van der Waals surface area (Å²) in [5.74, 6) is 5.62. The van der Waals surface area contributed by atoms with Crippen molar-refractivity contribution in [2.45, 2.75) is 32.5 Å². The zero-order valence-corrected chi connectivity index (χ0v) is 9.49. The Hall–Kier alpha value is -1.60. The van der Waals surface area contributed by atoms with Crippen LogP contribution in [0.2, 0.25) is 0 Å². The molecule has 0 saturated heterocycles. The number of hydrogen-bond acceptors (Lipinski definition) is 2. The van der Waals surface area contributed by atoms with Crippen LogP contribution >= 0.6 is 0 Å². The third kappa shape index (κ3) is 4.83. The summed E-state index contributed by atoms with van der Waals surface area (Å²) in [4.78, 5) is 0. The van der Waals surface area contributed by atoms with Crippen LogP contribution in [0, 0.1) is 11.8 Å². The van der Waals surface area contributed by atoms with Gasteiger partial charge in [-0.15, -0.1) is 11.8 Å². The quantitative estimate of drug-likeness (QED) is 0.801. The molecule has 0 amide bonds. The molecule has 1 atom stereocenters. The van der Waals surface area contributed by atoms with Gasteiger partial charge in [-0.3, -0.25) is 0 Å². The minimum Gasteiger partial charge on any atom is -0.435 e. The summed E-state index contributed by atoms with van der Waals surface area (Å²) in [5.41, 5.74) is 0.557. The summed E-state index contributed by atoms with van der Waals surface area (Å²) < 4.78 is 28.3. The Morgan fingerprint density at radius 2 is 2.18 bits per heavy atom. The lowest BCUT2D eigenvalue weighted by Crippen LogP contribution is -2.03. The van der Waals surface area contributed by atoms with Crippen molar-refractivity contribution in [3.05, 3.63) is 29.8 Å². The lowest BCUT2D eigenvalue weighted by atomic mass is 10.0. The highest BCUT2D eigenvalue weighted by Gasteiger charge is 2.09. The number of ether oxygens (including phenoxy) is 1. The van der Waals surface area contributed by atoms with Crippen LogP contribution < -0.4 is 4.74 Å². The van der Waals surface area contributed by atoms with Crippen LogP contribution in [-0.2, 0) is 0 Å². The van der Waals surface area contributed by atoms with Crippen LogP contribution in [0.4, 0.5) is 8.78 Å². The Labute approximate surface area is 99.2 Å². The molecule has 0 heterocycles. The van der Waals surface area contributed by atoms with Crippen molar-refractivity contribution in [3.63, 3.8) is 0 Å². The lowest BCUT2D eigenvalue weighted by molar-refractivity contribution is -0.0499. The first-order valence-electron chi connectivity index (χ1n) is 5.26. The number of aliphatic hydroxyl groups is 1. The number of benzene rings is 1. The fraction of sp³-hybridized carbons (Fsp3) is 0.385. The average molecular weight is 240 g/mol. The molecule has 1 rings (SSSR count). The van der Waals surface area contributed by atoms with Gasteiger partial charge in [-0.05, 0) is 31.0 Å². The van der Waals surface area contributed by atoms with E-state index in [1.807, 2.05) is 0 Å². The van der Waals surface area contributed by atoms with Crippen LogP contribution in [0.3, 0.4) is 0 Å². The molecule has 0 aliphatic carbocycles. The number of halogens is 2. The summed E-state index contributed by atoms with van der Waals surface area (Å²) in [6, 6.07) is 6.08. The van der Waals surface area contributed by atoms with Gasteiger partial charge in [0.2, 0.25) is 0 Å². The standard InChI is InChI=1S/C13H14F2O2/c1-2-3-4-8-12(16)10-6-5-7-11(9-10)17-13(14)15/h5-7,9,12-13,16H,4,8H2,1H3. The predicted molar refractivity (Wildman–Crippen MR) is 60.7 cm³/mol. The van der Waals surface area contributed by atoms with Crippen molar-refractivity contribution >= 4 is 0 Å². The van der Waals surface area contributed by atoms with E-state index in [0.717, 1.165) is 0 Å². The molecule has 0 spiro atoms. The van der Waals surface area contributed by atoms with Crippen LogP contribution in [0.5, 0.6) is 5.75 Å². The van der Waals surface area contributed by atoms with Crippen molar-refractivity contribution in [3.8, 4) is 17.6 Å². The van der Waals surface area contributed by atoms with E-state index in [1.165, 1.54) is 12.1 Å². The van der Waals surface area contributed by atoms with Crippen LogP contribution in [0.15, 0.2) is 24.3 Å². The number of alkyl halides is 2. The molecule has 1 N–H and O–H groups in total. The number of rotatable bonds is 5. The first-order valence-corrected chi connectivity index (χ1v) is 5.26. The summed E-state index contributed by atoms with van der Waals surface area (Å²) in [5, 5.41) is 9.79. The Morgan fingerprint density at radius 3 is 2.82 bits per heavy atom. The van der Waals surface area contributed by atoms with Crippen LogP contribution in [0.1, 0.15) is 31.4 Å². The molecule has 0 radical (unpaired) electrons. The van der Waals surface area contributed by atoms with E-state index in [4.69, 9.17) is 0 Å². The van der Waals surface area contributed by atoms with E-state index in [1.54, 1.807) is 19.1 Å². The maximum atomic E-state index is 12.0. The fourth-order valence-corrected chi connectivity index (χ4v) is 1.40. The second-order valence-electron chi connectivity index (χ2n) is 3.43. The molecule has 0 saturated carbocycles. The average Bonchev–Trinajstić information content (AvgIpc) is 2.28. The van der Waals surface area contributed by atoms with Gasteiger partial charge in [0, 0.05) is 6.42 Å². The molecular formula is C13H14F2O2. The van der Waals surface area contributed by atoms with Gasteiger partial charge in [0.25, 0.3) is 0 Å². The van der Waals surface area contributed by atoms with E-state index in [0.29, 0.717) is 18.4 Å². The Kier molecular flexibility index (Phi) is 5.44. The molecule has 0 aliphatic rings. The second kappa shape index (κ2) is 6.87. The SMILES string of the molecule is CC#CCCC(O)c1cccc(OC(F)F)c1. The largest absolute Gasteiger partial charge is 0.435 e. The highest BCUT2D eigenvalue weighted by Crippen LogP contribution is 2.23. The minimum atomic E-state index is -2.85. The molecule has 92 valence electrons. The zero-order chi connectivity index (χ0) is 12.7. The molecule has 4 heteroatoms. The van der Waals surface area contributed by atoms with E-state index in [-0.39, 0.29) is 5.75 Å². The van der Waals surface area contributed by atoms with Gasteiger partial charge in [0.05, 0.1) is 6.10 Å². The number of aliphatic hydroxyl groups excluding tert-OH is 1. The van der Waals surface area contributed by atoms with Gasteiger partial charge in [0.15, 0.2) is 0 Å². The smallest absolute Gasteiger partial charge is 0.387 e. The van der Waals surface area contributed by atoms with Crippen molar-refractivity contribution < 1.29 is 18.6 Å². The topological polar surface area (TPSA) is 29.5 Å². The third-order valence-electron chi connectivity index (χ3n) is 2.19. The Balaban J connectivity index is 2.65. The molecule has 17 heavy (non-hydrogen) atoms. The first-order chi connectivity index (χ1) is 8.13. The van der Waals surface area contributed by atoms with E-state index >= 15 is 0 Å². The monoisotopic (exact) mass is 240 g/mol. The molecule has 0 aromatic heterocycles. The highest BCUT2D eigenvalue weighted by atomic mass is 19.3. The Bertz CT molecular complexity index is 407. The summed E-state index contributed by atoms with van der Waals surface area (Å²) in [6.45, 7) is -1.13. The van der Waals surface area contributed by atoms with E-state index < -0.39 is 12.7 Å². The Morgan fingerprint density at radius 1 is 1.41 bits per heavy atom. The van der Waals surface area contributed by atoms with Crippen LogP contribution in [-0.4, -0.2) is 11.7 Å². The van der Waals surface area contributed by atoms with E-state index in [9.17, 15) is 13.9 Å². The predicted octanol–water partition coefficient (Wildman–Crippen LogP) is 3.12. The van der Waals surface area contributed by atoms with Crippen molar-refractivity contribution in [2.75, 3.05) is 0 Å². The second-order valence-corrected chi connectivity index (χ2v) is 3.43. The van der Waals surface area contributed by atoms with Crippen LogP contribution in [0.25, 0.3) is 0 Å². The van der Waals surface area contributed by atoms with Gasteiger partial charge in [-0.2, -0.15) is 8.78 Å². The van der Waals surface area contributed by atoms with Crippen molar-refractivity contribution in [1.82, 2.24) is 0 Å². The van der Waals surface area contributed by atoms with E-state index in [2.05, 4.69) is 16.6 Å². The van der Waals surface area contributed by atoms with Gasteiger partial charge >= 0.3 is 6.61 Å². The van der Waals surface area contributed by atoms with Gasteiger partial charge in [-0.25, -0.2) is 0 Å². The lowest BCUT2D eigenvalue weighted by Gasteiger charge is -2.11. The number of hydrogen-bond donors (Lipinski definition) is 1. The van der Waals surface area contributed by atoms with Gasteiger partial charge < -0.3 is 9.84 Å². The van der Waals surface area contributed by atoms with Crippen molar-refractivity contribution in [2.24, 2.45) is 0 Å². The highest BCUT2D eigenvalue weighted by molar-refractivity contribution is 5.30. The molecule has 1 aromatic carbocycles. The fourth-order valence-electron chi connectivity index (χ4n) is 1.40. The van der Waals surface area contributed by atoms with Gasteiger partial charge in [0.1, 0.15) is 5.75 Å². The third-order valence-corrected chi connectivity index (χ3v) is 2.19. The minimum absolute atomic E-state index is 0.0538. The maximum absolute atomic E-state index is 12.0. The molecule has 0 fully saturated rings.